The number of hydrogen-bond acceptors (Lipinski definition) is 18. The fraction of sp³-hybridized carbons (Fsp3) is 0.600. The second-order valence-electron chi connectivity index (χ2n) is 15.4. The molecule has 0 aliphatic carbocycles. The Kier molecular flexibility index (Phi) is 19.8. The van der Waals surface area contributed by atoms with Gasteiger partial charge in [0.15, 0.2) is 0 Å². The predicted octanol–water partition coefficient (Wildman–Crippen LogP) is 4.05. The monoisotopic (exact) mass is 828 g/mol. The fourth-order valence-corrected chi connectivity index (χ4v) is 5.39. The van der Waals surface area contributed by atoms with Crippen molar-refractivity contribution in [3.63, 3.8) is 0 Å². The van der Waals surface area contributed by atoms with Crippen LogP contribution in [0.3, 0.4) is 0 Å². The summed E-state index contributed by atoms with van der Waals surface area (Å²) in [5, 5.41) is 0. The fourth-order valence-electron chi connectivity index (χ4n) is 5.39. The number of fused-ring (bicyclic) bond motifs is 1. The average molecular weight is 828 g/mol. The molecule has 0 bridgehead atoms. The maximum absolute atomic E-state index is 11.2. The maximum atomic E-state index is 11.2. The Balaban J connectivity index is 0.000000246. The van der Waals surface area contributed by atoms with Crippen LogP contribution in [0.2, 0.25) is 40.9 Å². The van der Waals surface area contributed by atoms with Gasteiger partial charge in [0, 0.05) is 6.42 Å². The summed E-state index contributed by atoms with van der Waals surface area (Å²) in [6.07, 6.45) is -0.995. The number of ketones is 1. The van der Waals surface area contributed by atoms with Crippen molar-refractivity contribution < 1.29 is 84.6 Å². The lowest BCUT2D eigenvalue weighted by molar-refractivity contribution is -0.146. The van der Waals surface area contributed by atoms with Crippen molar-refractivity contribution in [2.75, 3.05) is 6.61 Å². The number of carbonyl (C=O) groups is 6. The topological polar surface area (TPSA) is 213 Å². The van der Waals surface area contributed by atoms with Crippen LogP contribution in [-0.2, 0) is 75.2 Å². The number of benzene rings is 1. The Hall–Kier alpha value is -4.23. The summed E-state index contributed by atoms with van der Waals surface area (Å²) in [5.41, 5.74) is -0.0213. The van der Waals surface area contributed by atoms with Crippen molar-refractivity contribution in [3.8, 4) is 5.75 Å². The summed E-state index contributed by atoms with van der Waals surface area (Å²) >= 11 is 0. The summed E-state index contributed by atoms with van der Waals surface area (Å²) in [5.74, 6) is -0.182. The molecule has 5 fully saturated rings. The number of hydrogen-bond donors (Lipinski definition) is 0. The quantitative estimate of drug-likeness (QED) is 0.385. The van der Waals surface area contributed by atoms with E-state index in [2.05, 4.69) is 15.9 Å². The first-order valence-electron chi connectivity index (χ1n) is 19.1. The molecule has 0 amide bonds. The number of rotatable bonds is 2. The maximum Gasteiger partial charge on any atom is 0.593 e. The largest absolute Gasteiger partial charge is 0.593 e. The Morgan fingerprint density at radius 3 is 1.68 bits per heavy atom. The third-order valence-corrected chi connectivity index (χ3v) is 7.83. The summed E-state index contributed by atoms with van der Waals surface area (Å²) < 4.78 is 59.3. The predicted molar refractivity (Wildman–Crippen MR) is 218 cm³/mol. The van der Waals surface area contributed by atoms with Gasteiger partial charge in [-0.25, -0.2) is 4.79 Å². The molecule has 7 rings (SSSR count). The molecule has 5 saturated heterocycles. The molecule has 1 aromatic rings. The van der Waals surface area contributed by atoms with Crippen LogP contribution in [0.15, 0.2) is 36.6 Å². The minimum absolute atomic E-state index is 0.0685. The standard InChI is InChI=1S/C8H7BO3.C7H13BO3.C6H9BO4.C6H11BO3.C4H7BO3.C4H7BO2/c1-9-11-7-5-3-2-4-6(7)8(10)12-9;1-7(2,3)5-6(9)11-8(4)10-5;1-4(8)3-5-6(9)11-7(2)10-5;1-6(2)4-5(8)9-7(3)10-6;1-3-4(6)8-5(2)7-3;1-4-3-6-5(2)7-4/h2-5H,1H3;5H,1-4H3;5H,3H2,1-2H3;4H2,1-3H3;3H,1-2H3;1,3H2,2H3/t;2*5-;;3-;/m.10.0./s1. The van der Waals surface area contributed by atoms with Crippen molar-refractivity contribution in [1.82, 2.24) is 0 Å². The van der Waals surface area contributed by atoms with Crippen molar-refractivity contribution in [2.45, 2.75) is 126 Å². The molecule has 18 nitrogen and oxygen atoms in total. The highest BCUT2D eigenvalue weighted by molar-refractivity contribution is 6.49. The number of Topliss-reactive ketones (excluding diaryl/α,β-unsaturated/α-hetero) is 1. The van der Waals surface area contributed by atoms with E-state index in [1.54, 1.807) is 59.2 Å². The highest BCUT2D eigenvalue weighted by Gasteiger charge is 2.43. The SMILES string of the molecule is C=C1COB(C)O1.CB1OC(=O)CC(C)(C)O1.CB1OC(=O)[C@H](C(C)(C)C)O1.CB1OC(=O)[C@H](C)O1.CB1OC(=O)[C@H](CC(C)=O)O1.CB1OC(=O)c2ccccc2O1. The Bertz CT molecular complexity index is 1640. The molecule has 0 spiro atoms. The van der Waals surface area contributed by atoms with Crippen LogP contribution in [0.1, 0.15) is 71.7 Å². The normalized spacial score (nSPS) is 22.6. The summed E-state index contributed by atoms with van der Waals surface area (Å²) in [6, 6.07) is 7.04. The molecule has 3 atom stereocenters. The molecular formula is C35H54B6O18. The van der Waals surface area contributed by atoms with Crippen molar-refractivity contribution >= 4 is 78.3 Å². The Morgan fingerprint density at radius 2 is 1.31 bits per heavy atom. The van der Waals surface area contributed by atoms with Gasteiger partial charge in [-0.2, -0.15) is 0 Å². The van der Waals surface area contributed by atoms with Crippen LogP contribution >= 0.6 is 0 Å². The van der Waals surface area contributed by atoms with Gasteiger partial charge in [0.1, 0.15) is 29.8 Å². The lowest BCUT2D eigenvalue weighted by Gasteiger charge is -2.31. The van der Waals surface area contributed by atoms with Crippen LogP contribution in [0, 0.1) is 5.41 Å². The number of para-hydroxylation sites is 1. The Labute approximate surface area is 348 Å². The van der Waals surface area contributed by atoms with E-state index in [4.69, 9.17) is 46.5 Å². The van der Waals surface area contributed by atoms with Crippen molar-refractivity contribution in [1.29, 1.82) is 0 Å². The minimum atomic E-state index is -0.678. The second kappa shape index (κ2) is 23.0. The molecule has 0 N–H and O–H groups in total. The van der Waals surface area contributed by atoms with Crippen LogP contribution in [0.5, 0.6) is 5.75 Å². The molecule has 6 aliphatic heterocycles. The number of carbonyl (C=O) groups excluding carboxylic acids is 6. The van der Waals surface area contributed by atoms with Crippen LogP contribution in [0.25, 0.3) is 0 Å². The van der Waals surface area contributed by atoms with Crippen molar-refractivity contribution in [2.24, 2.45) is 5.41 Å². The zero-order chi connectivity index (χ0) is 44.8. The zero-order valence-corrected chi connectivity index (χ0v) is 36.2. The second-order valence-corrected chi connectivity index (χ2v) is 15.4. The first-order chi connectivity index (χ1) is 27.3. The van der Waals surface area contributed by atoms with E-state index in [-0.39, 0.29) is 74.6 Å². The van der Waals surface area contributed by atoms with E-state index < -0.39 is 39.5 Å². The molecule has 24 heteroatoms. The minimum Gasteiger partial charge on any atom is -0.538 e. The van der Waals surface area contributed by atoms with E-state index in [1.807, 2.05) is 47.5 Å². The molecule has 59 heavy (non-hydrogen) atoms. The molecule has 6 heterocycles. The van der Waals surface area contributed by atoms with Crippen LogP contribution in [-0.4, -0.2) is 109 Å². The average Bonchev–Trinajstić information content (AvgIpc) is 3.82. The van der Waals surface area contributed by atoms with E-state index in [0.717, 1.165) is 5.76 Å². The van der Waals surface area contributed by atoms with Gasteiger partial charge in [0.2, 0.25) is 0 Å². The van der Waals surface area contributed by atoms with E-state index in [9.17, 15) is 28.8 Å². The molecule has 6 aliphatic rings. The Morgan fingerprint density at radius 1 is 0.729 bits per heavy atom. The molecular weight excluding hydrogens is 773 g/mol. The summed E-state index contributed by atoms with van der Waals surface area (Å²) in [6.45, 7) is 27.1. The van der Waals surface area contributed by atoms with Gasteiger partial charge in [-0.1, -0.05) is 39.5 Å². The van der Waals surface area contributed by atoms with Gasteiger partial charge in [-0.3, -0.25) is 24.0 Å². The zero-order valence-electron chi connectivity index (χ0n) is 36.2. The van der Waals surface area contributed by atoms with E-state index in [1.165, 1.54) is 6.92 Å². The molecule has 0 radical (unpaired) electrons. The van der Waals surface area contributed by atoms with E-state index in [0.29, 0.717) is 24.3 Å². The van der Waals surface area contributed by atoms with Crippen LogP contribution in [0.4, 0.5) is 0 Å². The van der Waals surface area contributed by atoms with Crippen molar-refractivity contribution in [3.05, 3.63) is 42.2 Å². The molecule has 1 aromatic carbocycles. The molecule has 0 saturated carbocycles. The van der Waals surface area contributed by atoms with Gasteiger partial charge in [0.25, 0.3) is 5.97 Å². The summed E-state index contributed by atoms with van der Waals surface area (Å²) in [7, 11) is -2.19. The third-order valence-electron chi connectivity index (χ3n) is 7.83. The lowest BCUT2D eigenvalue weighted by Crippen LogP contribution is -2.43. The van der Waals surface area contributed by atoms with Gasteiger partial charge in [0.05, 0.1) is 30.0 Å². The lowest BCUT2D eigenvalue weighted by atomic mass is 9.88. The molecule has 320 valence electrons. The third kappa shape index (κ3) is 18.7. The van der Waals surface area contributed by atoms with Gasteiger partial charge in [-0.05, 0) is 86.2 Å². The molecule has 0 unspecified atom stereocenters. The van der Waals surface area contributed by atoms with E-state index >= 15 is 0 Å². The first-order valence-corrected chi connectivity index (χ1v) is 19.1. The first kappa shape index (κ1) is 50.9. The van der Waals surface area contributed by atoms with Gasteiger partial charge < -0.3 is 55.9 Å². The summed E-state index contributed by atoms with van der Waals surface area (Å²) in [4.78, 5) is 64.9. The highest BCUT2D eigenvalue weighted by Crippen LogP contribution is 2.28. The molecule has 0 aromatic heterocycles. The van der Waals surface area contributed by atoms with Crippen LogP contribution < -0.4 is 4.65 Å². The smallest absolute Gasteiger partial charge is 0.538 e. The van der Waals surface area contributed by atoms with Gasteiger partial charge >= 0.3 is 66.6 Å². The van der Waals surface area contributed by atoms with Gasteiger partial charge in [-0.15, -0.1) is 0 Å². The highest BCUT2D eigenvalue weighted by atomic mass is 16.7.